The maximum Gasteiger partial charge on any atom is 0.308 e. The lowest BCUT2D eigenvalue weighted by Gasteiger charge is -2.15. The molecule has 1 atom stereocenters. The smallest absolute Gasteiger partial charge is 0.308 e. The number of hydrogen-bond acceptors (Lipinski definition) is 3. The van der Waals surface area contributed by atoms with Gasteiger partial charge in [-0.25, -0.2) is 0 Å². The van der Waals surface area contributed by atoms with Gasteiger partial charge in [-0.15, -0.1) is 0 Å². The summed E-state index contributed by atoms with van der Waals surface area (Å²) in [5.74, 6) is 0.0313. The number of benzene rings is 3. The Labute approximate surface area is 160 Å². The summed E-state index contributed by atoms with van der Waals surface area (Å²) in [6, 6.07) is 22.0. The number of fused-ring (bicyclic) bond motifs is 1. The van der Waals surface area contributed by atoms with Crippen LogP contribution in [0.4, 0.5) is 0 Å². The highest BCUT2D eigenvalue weighted by Crippen LogP contribution is 2.23. The average Bonchev–Trinajstić information content (AvgIpc) is 2.71. The van der Waals surface area contributed by atoms with Crippen molar-refractivity contribution in [1.29, 1.82) is 0 Å². The van der Waals surface area contributed by atoms with Crippen LogP contribution in [0.1, 0.15) is 30.4 Å². The predicted molar refractivity (Wildman–Crippen MR) is 109 cm³/mol. The van der Waals surface area contributed by atoms with Crippen molar-refractivity contribution >= 4 is 16.7 Å². The molecule has 0 radical (unpaired) electrons. The molecule has 27 heavy (non-hydrogen) atoms. The van der Waals surface area contributed by atoms with E-state index in [-0.39, 0.29) is 17.6 Å². The average molecular weight is 362 g/mol. The molecule has 0 fully saturated rings. The molecule has 0 aliphatic carbocycles. The maximum atomic E-state index is 12.2. The molecular formula is C24H26O3. The third-order valence-corrected chi connectivity index (χ3v) is 5.13. The van der Waals surface area contributed by atoms with Crippen LogP contribution >= 0.6 is 0 Å². The predicted octanol–water partition coefficient (Wildman–Crippen LogP) is 5.29. The number of hydrogen-bond donors (Lipinski definition) is 1. The minimum atomic E-state index is -0.133. The van der Waals surface area contributed by atoms with Crippen LogP contribution in [0, 0.1) is 5.92 Å². The Morgan fingerprint density at radius 3 is 2.44 bits per heavy atom. The lowest BCUT2D eigenvalue weighted by molar-refractivity contribution is -0.145. The third-order valence-electron chi connectivity index (χ3n) is 5.13. The molecule has 0 aromatic heterocycles. The van der Waals surface area contributed by atoms with E-state index >= 15 is 0 Å². The number of ether oxygens (including phenoxy) is 1. The van der Waals surface area contributed by atoms with Gasteiger partial charge >= 0.3 is 5.97 Å². The molecule has 0 saturated carbocycles. The van der Waals surface area contributed by atoms with Crippen LogP contribution in [0.5, 0.6) is 5.75 Å². The largest absolute Gasteiger partial charge is 0.508 e. The molecule has 3 aromatic rings. The van der Waals surface area contributed by atoms with Gasteiger partial charge < -0.3 is 9.84 Å². The van der Waals surface area contributed by atoms with Gasteiger partial charge in [0.2, 0.25) is 0 Å². The van der Waals surface area contributed by atoms with E-state index in [1.807, 2.05) is 12.1 Å². The fraction of sp³-hybridized carbons (Fsp3) is 0.292. The van der Waals surface area contributed by atoms with E-state index in [1.165, 1.54) is 23.4 Å². The van der Waals surface area contributed by atoms with Gasteiger partial charge in [0.25, 0.3) is 0 Å². The van der Waals surface area contributed by atoms with Crippen molar-refractivity contribution in [2.75, 3.05) is 7.11 Å². The molecule has 0 heterocycles. The van der Waals surface area contributed by atoms with Crippen molar-refractivity contribution in [2.45, 2.75) is 32.1 Å². The number of carbonyl (C=O) groups excluding carboxylic acids is 1. The summed E-state index contributed by atoms with van der Waals surface area (Å²) in [7, 11) is 1.46. The number of methoxy groups -OCH3 is 1. The SMILES string of the molecule is COC(=O)C(CCCc1cccc2ccccc12)CCc1ccc(O)cc1. The second-order valence-electron chi connectivity index (χ2n) is 6.96. The maximum absolute atomic E-state index is 12.2. The van der Waals surface area contributed by atoms with E-state index < -0.39 is 0 Å². The highest BCUT2D eigenvalue weighted by molar-refractivity contribution is 5.85. The van der Waals surface area contributed by atoms with Crippen LogP contribution in [0.2, 0.25) is 0 Å². The summed E-state index contributed by atoms with van der Waals surface area (Å²) >= 11 is 0. The van der Waals surface area contributed by atoms with Crippen LogP contribution in [-0.4, -0.2) is 18.2 Å². The fourth-order valence-corrected chi connectivity index (χ4v) is 3.60. The summed E-state index contributed by atoms with van der Waals surface area (Å²) in [6.07, 6.45) is 4.27. The number of aromatic hydroxyl groups is 1. The Kier molecular flexibility index (Phi) is 6.48. The van der Waals surface area contributed by atoms with Gasteiger partial charge in [0.1, 0.15) is 5.75 Å². The molecule has 0 aliphatic rings. The molecule has 0 aliphatic heterocycles. The first-order valence-corrected chi connectivity index (χ1v) is 9.50. The van der Waals surface area contributed by atoms with Gasteiger partial charge in [0.05, 0.1) is 13.0 Å². The zero-order valence-corrected chi connectivity index (χ0v) is 15.7. The molecule has 3 rings (SSSR count). The highest BCUT2D eigenvalue weighted by Gasteiger charge is 2.19. The van der Waals surface area contributed by atoms with Crippen LogP contribution in [0.25, 0.3) is 10.8 Å². The molecule has 0 saturated heterocycles. The van der Waals surface area contributed by atoms with E-state index in [0.717, 1.165) is 37.7 Å². The Morgan fingerprint density at radius 2 is 1.67 bits per heavy atom. The van der Waals surface area contributed by atoms with Gasteiger partial charge in [-0.2, -0.15) is 0 Å². The zero-order valence-electron chi connectivity index (χ0n) is 15.7. The summed E-state index contributed by atoms with van der Waals surface area (Å²) in [4.78, 5) is 12.2. The number of phenolic OH excluding ortho intramolecular Hbond substituents is 1. The molecule has 3 heteroatoms. The van der Waals surface area contributed by atoms with E-state index in [1.54, 1.807) is 12.1 Å². The Morgan fingerprint density at radius 1 is 0.926 bits per heavy atom. The van der Waals surface area contributed by atoms with Crippen molar-refractivity contribution in [2.24, 2.45) is 5.92 Å². The first kappa shape index (κ1) is 19.0. The summed E-state index contributed by atoms with van der Waals surface area (Å²) in [5.41, 5.74) is 2.45. The second-order valence-corrected chi connectivity index (χ2v) is 6.96. The Balaban J connectivity index is 1.59. The van der Waals surface area contributed by atoms with Gasteiger partial charge in [0, 0.05) is 0 Å². The van der Waals surface area contributed by atoms with Gasteiger partial charge in [-0.1, -0.05) is 54.6 Å². The van der Waals surface area contributed by atoms with Crippen LogP contribution in [0.3, 0.4) is 0 Å². The number of esters is 1. The monoisotopic (exact) mass is 362 g/mol. The van der Waals surface area contributed by atoms with Crippen molar-refractivity contribution in [3.8, 4) is 5.75 Å². The quantitative estimate of drug-likeness (QED) is 0.554. The van der Waals surface area contributed by atoms with E-state index in [4.69, 9.17) is 4.74 Å². The Hall–Kier alpha value is -2.81. The zero-order chi connectivity index (χ0) is 19.1. The number of phenols is 1. The van der Waals surface area contributed by atoms with Crippen LogP contribution in [-0.2, 0) is 22.4 Å². The lowest BCUT2D eigenvalue weighted by Crippen LogP contribution is -2.17. The number of aryl methyl sites for hydroxylation is 2. The normalized spacial score (nSPS) is 12.0. The van der Waals surface area contributed by atoms with E-state index in [0.29, 0.717) is 0 Å². The second kappa shape index (κ2) is 9.22. The molecule has 1 unspecified atom stereocenters. The molecule has 3 aromatic carbocycles. The molecule has 1 N–H and O–H groups in total. The first-order valence-electron chi connectivity index (χ1n) is 9.50. The lowest BCUT2D eigenvalue weighted by atomic mass is 9.92. The molecule has 3 nitrogen and oxygen atoms in total. The number of rotatable bonds is 8. The van der Waals surface area contributed by atoms with Gasteiger partial charge in [0.15, 0.2) is 0 Å². The standard InChI is InChI=1S/C24H26O3/c1-27-24(26)21(15-12-18-13-16-22(25)17-14-18)10-5-9-20-8-4-7-19-6-2-3-11-23(19)20/h2-4,6-8,11,13-14,16-17,21,25H,5,9-10,12,15H2,1H3. The van der Waals surface area contributed by atoms with Crippen molar-refractivity contribution < 1.29 is 14.6 Å². The van der Waals surface area contributed by atoms with Crippen molar-refractivity contribution in [1.82, 2.24) is 0 Å². The molecular weight excluding hydrogens is 336 g/mol. The third kappa shape index (κ3) is 5.10. The minimum absolute atomic E-state index is 0.0984. The molecule has 0 bridgehead atoms. The van der Waals surface area contributed by atoms with E-state index in [9.17, 15) is 9.90 Å². The number of carbonyl (C=O) groups is 1. The Bertz CT molecular complexity index is 878. The first-order chi connectivity index (χ1) is 13.2. The van der Waals surface area contributed by atoms with Gasteiger partial charge in [-0.3, -0.25) is 4.79 Å². The van der Waals surface area contributed by atoms with Crippen molar-refractivity contribution in [3.63, 3.8) is 0 Å². The van der Waals surface area contributed by atoms with Crippen molar-refractivity contribution in [3.05, 3.63) is 77.9 Å². The fourth-order valence-electron chi connectivity index (χ4n) is 3.60. The minimum Gasteiger partial charge on any atom is -0.508 e. The summed E-state index contributed by atoms with van der Waals surface area (Å²) in [5, 5.41) is 11.9. The summed E-state index contributed by atoms with van der Waals surface area (Å²) in [6.45, 7) is 0. The van der Waals surface area contributed by atoms with E-state index in [2.05, 4.69) is 42.5 Å². The summed E-state index contributed by atoms with van der Waals surface area (Å²) < 4.78 is 5.01. The van der Waals surface area contributed by atoms with Crippen LogP contribution in [0.15, 0.2) is 66.7 Å². The molecule has 0 spiro atoms. The molecule has 140 valence electrons. The van der Waals surface area contributed by atoms with Crippen LogP contribution < -0.4 is 0 Å². The topological polar surface area (TPSA) is 46.5 Å². The molecule has 0 amide bonds. The highest BCUT2D eigenvalue weighted by atomic mass is 16.5. The van der Waals surface area contributed by atoms with Gasteiger partial charge in [-0.05, 0) is 66.1 Å².